The molecule has 0 fully saturated rings. The van der Waals surface area contributed by atoms with E-state index < -0.39 is 11.7 Å². The summed E-state index contributed by atoms with van der Waals surface area (Å²) in [6.45, 7) is 8.49. The molecule has 110 valence electrons. The molecule has 7 nitrogen and oxygen atoms in total. The van der Waals surface area contributed by atoms with Crippen molar-refractivity contribution >= 4 is 6.09 Å². The number of carbonyl (C=O) groups is 1. The van der Waals surface area contributed by atoms with Crippen LogP contribution in [0.3, 0.4) is 0 Å². The van der Waals surface area contributed by atoms with Crippen LogP contribution in [0.5, 0.6) is 0 Å². The molecule has 0 spiro atoms. The van der Waals surface area contributed by atoms with Gasteiger partial charge in [0.1, 0.15) is 5.60 Å². The van der Waals surface area contributed by atoms with E-state index >= 15 is 0 Å². The number of rotatable bonds is 8. The molecule has 0 heterocycles. The van der Waals surface area contributed by atoms with E-state index in [-0.39, 0.29) is 12.6 Å². The molecule has 0 aliphatic rings. The Bertz CT molecular complexity index is 309. The molecule has 0 aliphatic carbocycles. The highest BCUT2D eigenvalue weighted by Crippen LogP contribution is 2.07. The third kappa shape index (κ3) is 11.4. The van der Waals surface area contributed by atoms with Crippen LogP contribution in [0, 0.1) is 0 Å². The lowest BCUT2D eigenvalue weighted by molar-refractivity contribution is 0.0446. The van der Waals surface area contributed by atoms with E-state index in [9.17, 15) is 4.79 Å². The van der Waals surface area contributed by atoms with Gasteiger partial charge < -0.3 is 14.8 Å². The van der Waals surface area contributed by atoms with E-state index in [0.717, 1.165) is 12.8 Å². The Hall–Kier alpha value is -1.46. The number of azide groups is 1. The molecule has 0 saturated heterocycles. The second kappa shape index (κ2) is 9.47. The molecular weight excluding hydrogens is 248 g/mol. The third-order valence-corrected chi connectivity index (χ3v) is 2.05. The molecule has 0 aromatic rings. The summed E-state index contributed by atoms with van der Waals surface area (Å²) in [6.07, 6.45) is 1.46. The van der Waals surface area contributed by atoms with Crippen LogP contribution < -0.4 is 5.32 Å². The van der Waals surface area contributed by atoms with Gasteiger partial charge in [0.2, 0.25) is 0 Å². The zero-order chi connectivity index (χ0) is 14.7. The van der Waals surface area contributed by atoms with Gasteiger partial charge in [0.25, 0.3) is 0 Å². The summed E-state index contributed by atoms with van der Waals surface area (Å²) in [5.41, 5.74) is 7.76. The molecule has 0 rings (SSSR count). The number of ether oxygens (including phenoxy) is 2. The summed E-state index contributed by atoms with van der Waals surface area (Å²) in [5.74, 6) is 0. The highest BCUT2D eigenvalue weighted by molar-refractivity contribution is 5.68. The van der Waals surface area contributed by atoms with Crippen LogP contribution in [-0.2, 0) is 9.47 Å². The van der Waals surface area contributed by atoms with Crippen molar-refractivity contribution in [2.45, 2.75) is 52.2 Å². The van der Waals surface area contributed by atoms with Crippen LogP contribution in [0.4, 0.5) is 4.79 Å². The molecule has 0 radical (unpaired) electrons. The number of hydrogen-bond donors (Lipinski definition) is 1. The normalized spacial score (nSPS) is 12.4. The highest BCUT2D eigenvalue weighted by Gasteiger charge is 2.19. The maximum Gasteiger partial charge on any atom is 0.407 e. The molecule has 1 atom stereocenters. The van der Waals surface area contributed by atoms with Crippen molar-refractivity contribution in [3.63, 3.8) is 0 Å². The van der Waals surface area contributed by atoms with Gasteiger partial charge in [0.15, 0.2) is 0 Å². The molecule has 0 aromatic heterocycles. The van der Waals surface area contributed by atoms with E-state index in [4.69, 9.17) is 15.0 Å². The second-order valence-corrected chi connectivity index (χ2v) is 5.19. The molecule has 1 N–H and O–H groups in total. The Morgan fingerprint density at radius 3 is 2.68 bits per heavy atom. The van der Waals surface area contributed by atoms with Crippen molar-refractivity contribution in [1.29, 1.82) is 0 Å². The Balaban J connectivity index is 4.17. The van der Waals surface area contributed by atoms with Crippen LogP contribution in [0.1, 0.15) is 40.5 Å². The van der Waals surface area contributed by atoms with Crippen LogP contribution in [0.25, 0.3) is 10.4 Å². The first-order chi connectivity index (χ1) is 8.89. The molecule has 7 heteroatoms. The van der Waals surface area contributed by atoms with Crippen molar-refractivity contribution in [2.75, 3.05) is 19.8 Å². The molecule has 0 saturated carbocycles. The summed E-state index contributed by atoms with van der Waals surface area (Å²) in [5, 5.41) is 6.09. The highest BCUT2D eigenvalue weighted by atomic mass is 16.6. The zero-order valence-electron chi connectivity index (χ0n) is 12.2. The summed E-state index contributed by atoms with van der Waals surface area (Å²) in [7, 11) is 0. The standard InChI is InChI=1S/C12H24N4O3/c1-5-6-7-18-9-10(8-14-16-13)15-11(17)19-12(2,3)4/h10H,5-9H2,1-4H3,(H,15,17)/t10-/m0/s1. The third-order valence-electron chi connectivity index (χ3n) is 2.05. The van der Waals surface area contributed by atoms with Crippen molar-refractivity contribution in [3.05, 3.63) is 10.4 Å². The molecule has 0 aliphatic heterocycles. The molecule has 1 amide bonds. The summed E-state index contributed by atoms with van der Waals surface area (Å²) < 4.78 is 10.5. The molecule has 19 heavy (non-hydrogen) atoms. The lowest BCUT2D eigenvalue weighted by atomic mass is 10.2. The average Bonchev–Trinajstić information content (AvgIpc) is 2.28. The zero-order valence-corrected chi connectivity index (χ0v) is 12.2. The van der Waals surface area contributed by atoms with Gasteiger partial charge in [-0.1, -0.05) is 18.5 Å². The fourth-order valence-corrected chi connectivity index (χ4v) is 1.22. The first-order valence-corrected chi connectivity index (χ1v) is 6.47. The summed E-state index contributed by atoms with van der Waals surface area (Å²) in [4.78, 5) is 14.3. The first kappa shape index (κ1) is 17.5. The lowest BCUT2D eigenvalue weighted by Crippen LogP contribution is -2.43. The fourth-order valence-electron chi connectivity index (χ4n) is 1.22. The molecular formula is C12H24N4O3. The predicted molar refractivity (Wildman–Crippen MR) is 72.9 cm³/mol. The van der Waals surface area contributed by atoms with Crippen molar-refractivity contribution in [3.8, 4) is 0 Å². The molecule has 0 unspecified atom stereocenters. The monoisotopic (exact) mass is 272 g/mol. The average molecular weight is 272 g/mol. The Morgan fingerprint density at radius 1 is 1.47 bits per heavy atom. The predicted octanol–water partition coefficient (Wildman–Crippen LogP) is 3.01. The van der Waals surface area contributed by atoms with Gasteiger partial charge >= 0.3 is 6.09 Å². The minimum atomic E-state index is -0.559. The van der Waals surface area contributed by atoms with Crippen LogP contribution in [0.2, 0.25) is 0 Å². The maximum atomic E-state index is 11.6. The number of nitrogens with zero attached hydrogens (tertiary/aromatic N) is 3. The van der Waals surface area contributed by atoms with Gasteiger partial charge in [-0.15, -0.1) is 0 Å². The number of alkyl carbamates (subject to hydrolysis) is 1. The van der Waals surface area contributed by atoms with Crippen LogP contribution in [-0.4, -0.2) is 37.5 Å². The van der Waals surface area contributed by atoms with Crippen molar-refractivity contribution in [1.82, 2.24) is 5.32 Å². The van der Waals surface area contributed by atoms with E-state index in [0.29, 0.717) is 13.2 Å². The van der Waals surface area contributed by atoms with Crippen molar-refractivity contribution < 1.29 is 14.3 Å². The number of carbonyl (C=O) groups excluding carboxylic acids is 1. The topological polar surface area (TPSA) is 96.3 Å². The largest absolute Gasteiger partial charge is 0.444 e. The quantitative estimate of drug-likeness (QED) is 0.318. The molecule has 0 bridgehead atoms. The van der Waals surface area contributed by atoms with Gasteiger partial charge in [-0.2, -0.15) is 0 Å². The van der Waals surface area contributed by atoms with E-state index in [1.54, 1.807) is 20.8 Å². The smallest absolute Gasteiger partial charge is 0.407 e. The minimum Gasteiger partial charge on any atom is -0.444 e. The van der Waals surface area contributed by atoms with Crippen LogP contribution >= 0.6 is 0 Å². The first-order valence-electron chi connectivity index (χ1n) is 6.47. The number of hydrogen-bond acceptors (Lipinski definition) is 4. The number of unbranched alkanes of at least 4 members (excludes halogenated alkanes) is 1. The Kier molecular flexibility index (Phi) is 8.74. The molecule has 0 aromatic carbocycles. The lowest BCUT2D eigenvalue weighted by Gasteiger charge is -2.22. The van der Waals surface area contributed by atoms with Gasteiger partial charge in [-0.05, 0) is 32.7 Å². The number of nitrogens with one attached hydrogen (secondary N) is 1. The SMILES string of the molecule is CCCCOC[C@H](CN=[N+]=[N-])NC(=O)OC(C)(C)C. The Labute approximate surface area is 114 Å². The van der Waals surface area contributed by atoms with Gasteiger partial charge in [0, 0.05) is 18.1 Å². The number of amides is 1. The van der Waals surface area contributed by atoms with E-state index in [1.165, 1.54) is 0 Å². The summed E-state index contributed by atoms with van der Waals surface area (Å²) in [6, 6.07) is -0.373. The maximum absolute atomic E-state index is 11.6. The van der Waals surface area contributed by atoms with Crippen molar-refractivity contribution in [2.24, 2.45) is 5.11 Å². The summed E-state index contributed by atoms with van der Waals surface area (Å²) >= 11 is 0. The van der Waals surface area contributed by atoms with Gasteiger partial charge in [0.05, 0.1) is 12.6 Å². The van der Waals surface area contributed by atoms with E-state index in [2.05, 4.69) is 22.3 Å². The van der Waals surface area contributed by atoms with Crippen LogP contribution in [0.15, 0.2) is 5.11 Å². The second-order valence-electron chi connectivity index (χ2n) is 5.19. The minimum absolute atomic E-state index is 0.141. The van der Waals surface area contributed by atoms with Gasteiger partial charge in [-0.25, -0.2) is 4.79 Å². The Morgan fingerprint density at radius 2 is 2.16 bits per heavy atom. The fraction of sp³-hybridized carbons (Fsp3) is 0.917. The van der Waals surface area contributed by atoms with E-state index in [1.807, 2.05) is 0 Å². The van der Waals surface area contributed by atoms with Gasteiger partial charge in [-0.3, -0.25) is 0 Å².